The minimum absolute atomic E-state index is 0.240. The lowest BCUT2D eigenvalue weighted by atomic mass is 9.89. The lowest BCUT2D eigenvalue weighted by molar-refractivity contribution is -0.137. The van der Waals surface area contributed by atoms with Crippen LogP contribution in [0.5, 0.6) is 0 Å². The van der Waals surface area contributed by atoms with Crippen LogP contribution in [0.4, 0.5) is 0 Å². The molecule has 0 N–H and O–H groups in total. The van der Waals surface area contributed by atoms with Crippen LogP contribution >= 0.6 is 0 Å². The Balaban J connectivity index is 4.47. The van der Waals surface area contributed by atoms with Crippen LogP contribution in [0.25, 0.3) is 0 Å². The molecule has 0 rings (SSSR count). The molecule has 1 unspecified atom stereocenters. The Kier molecular flexibility index (Phi) is 11.8. The molecule has 0 saturated carbocycles. The van der Waals surface area contributed by atoms with Gasteiger partial charge in [-0.15, -0.1) is 0 Å². The molecule has 0 saturated heterocycles. The third-order valence-corrected chi connectivity index (χ3v) is 4.97. The summed E-state index contributed by atoms with van der Waals surface area (Å²) in [6, 6.07) is 0. The summed E-state index contributed by atoms with van der Waals surface area (Å²) in [4.78, 5) is 11.5. The van der Waals surface area contributed by atoms with Gasteiger partial charge in [0.1, 0.15) is 0 Å². The zero-order chi connectivity index (χ0) is 17.8. The van der Waals surface area contributed by atoms with Gasteiger partial charge in [0.05, 0.1) is 6.61 Å². The van der Waals surface area contributed by atoms with Crippen molar-refractivity contribution >= 4 is 5.97 Å². The van der Waals surface area contributed by atoms with Gasteiger partial charge in [0.25, 0.3) is 0 Å². The number of ether oxygens (including phenoxy) is 1. The van der Waals surface area contributed by atoms with Crippen molar-refractivity contribution in [2.45, 2.75) is 87.0 Å². The number of rotatable bonds is 11. The van der Waals surface area contributed by atoms with Crippen LogP contribution in [0.2, 0.25) is 0 Å². The Morgan fingerprint density at radius 3 is 2.17 bits per heavy atom. The smallest absolute Gasteiger partial charge is 0.331 e. The SMILES string of the molecule is CCOC(=O)C=C(C)C(C)=C(C)CC(C)CCCC(CC)CC. The van der Waals surface area contributed by atoms with Gasteiger partial charge in [-0.1, -0.05) is 58.4 Å². The summed E-state index contributed by atoms with van der Waals surface area (Å²) in [6.07, 6.45) is 9.32. The van der Waals surface area contributed by atoms with Crippen LogP contribution in [0.15, 0.2) is 22.8 Å². The topological polar surface area (TPSA) is 26.3 Å². The van der Waals surface area contributed by atoms with Gasteiger partial charge in [-0.25, -0.2) is 4.79 Å². The second-order valence-electron chi connectivity index (χ2n) is 6.91. The summed E-state index contributed by atoms with van der Waals surface area (Å²) >= 11 is 0. The Morgan fingerprint density at radius 2 is 1.65 bits per heavy atom. The van der Waals surface area contributed by atoms with Gasteiger partial charge >= 0.3 is 5.97 Å². The van der Waals surface area contributed by atoms with Crippen molar-refractivity contribution in [2.24, 2.45) is 11.8 Å². The number of carbonyl (C=O) groups excluding carboxylic acids is 1. The highest BCUT2D eigenvalue weighted by Crippen LogP contribution is 2.25. The zero-order valence-corrected chi connectivity index (χ0v) is 16.5. The molecule has 0 radical (unpaired) electrons. The predicted octanol–water partition coefficient (Wildman–Crippen LogP) is 6.46. The van der Waals surface area contributed by atoms with E-state index in [1.807, 2.05) is 13.8 Å². The van der Waals surface area contributed by atoms with Gasteiger partial charge in [-0.2, -0.15) is 0 Å². The molecule has 1 atom stereocenters. The lowest BCUT2D eigenvalue weighted by Crippen LogP contribution is -2.03. The third-order valence-electron chi connectivity index (χ3n) is 4.97. The molecule has 0 aliphatic carbocycles. The lowest BCUT2D eigenvalue weighted by Gasteiger charge is -2.17. The summed E-state index contributed by atoms with van der Waals surface area (Å²) in [5.74, 6) is 1.36. The maximum atomic E-state index is 11.5. The highest BCUT2D eigenvalue weighted by Gasteiger charge is 2.09. The van der Waals surface area contributed by atoms with E-state index in [9.17, 15) is 4.79 Å². The molecule has 0 aromatic rings. The molecular weight excluding hydrogens is 284 g/mol. The van der Waals surface area contributed by atoms with E-state index in [0.29, 0.717) is 12.5 Å². The van der Waals surface area contributed by atoms with Gasteiger partial charge in [0, 0.05) is 6.08 Å². The molecule has 0 aliphatic heterocycles. The zero-order valence-electron chi connectivity index (χ0n) is 16.5. The van der Waals surface area contributed by atoms with Crippen LogP contribution < -0.4 is 0 Å². The van der Waals surface area contributed by atoms with Gasteiger partial charge in [0.15, 0.2) is 0 Å². The predicted molar refractivity (Wildman–Crippen MR) is 100 cm³/mol. The number of hydrogen-bond donors (Lipinski definition) is 0. The first-order valence-corrected chi connectivity index (χ1v) is 9.37. The molecule has 0 aromatic heterocycles. The van der Waals surface area contributed by atoms with Crippen molar-refractivity contribution in [3.8, 4) is 0 Å². The Morgan fingerprint density at radius 1 is 1.04 bits per heavy atom. The van der Waals surface area contributed by atoms with E-state index in [-0.39, 0.29) is 5.97 Å². The minimum atomic E-state index is -0.240. The molecule has 0 heterocycles. The van der Waals surface area contributed by atoms with Crippen LogP contribution in [0, 0.1) is 11.8 Å². The molecule has 0 spiro atoms. The van der Waals surface area contributed by atoms with E-state index in [4.69, 9.17) is 4.74 Å². The van der Waals surface area contributed by atoms with Crippen LogP contribution in [-0.2, 0) is 9.53 Å². The fourth-order valence-corrected chi connectivity index (χ4v) is 3.04. The summed E-state index contributed by atoms with van der Waals surface area (Å²) in [5, 5.41) is 0. The molecule has 2 heteroatoms. The highest BCUT2D eigenvalue weighted by molar-refractivity contribution is 5.83. The summed E-state index contributed by atoms with van der Waals surface area (Å²) in [5.41, 5.74) is 3.63. The fraction of sp³-hybridized carbons (Fsp3) is 0.762. The van der Waals surface area contributed by atoms with Crippen LogP contribution in [0.1, 0.15) is 87.0 Å². The molecule has 23 heavy (non-hydrogen) atoms. The summed E-state index contributed by atoms with van der Waals surface area (Å²) in [6.45, 7) is 15.5. The number of esters is 1. The van der Waals surface area contributed by atoms with Crippen molar-refractivity contribution in [3.05, 3.63) is 22.8 Å². The van der Waals surface area contributed by atoms with E-state index in [2.05, 4.69) is 34.6 Å². The van der Waals surface area contributed by atoms with E-state index in [1.165, 1.54) is 43.3 Å². The minimum Gasteiger partial charge on any atom is -0.463 e. The highest BCUT2D eigenvalue weighted by atomic mass is 16.5. The molecule has 0 amide bonds. The standard InChI is InChI=1S/C21H38O2/c1-8-20(9-2)13-11-12-16(4)14-17(5)19(7)18(6)15-21(22)23-10-3/h15-16,20H,8-14H2,1-7H3. The average Bonchev–Trinajstić information content (AvgIpc) is 2.50. The number of carbonyl (C=O) groups is 1. The number of allylic oxidation sites excluding steroid dienone is 3. The van der Waals surface area contributed by atoms with Crippen molar-refractivity contribution in [3.63, 3.8) is 0 Å². The van der Waals surface area contributed by atoms with Gasteiger partial charge in [-0.05, 0) is 57.1 Å². The molecule has 0 aromatic carbocycles. The Hall–Kier alpha value is -1.05. The summed E-state index contributed by atoms with van der Waals surface area (Å²) < 4.78 is 4.98. The van der Waals surface area contributed by atoms with Crippen molar-refractivity contribution in [1.29, 1.82) is 0 Å². The van der Waals surface area contributed by atoms with Gasteiger partial charge in [0.2, 0.25) is 0 Å². The maximum absolute atomic E-state index is 11.5. The first-order valence-electron chi connectivity index (χ1n) is 9.37. The monoisotopic (exact) mass is 322 g/mol. The normalized spacial score (nSPS) is 14.7. The Bertz CT molecular complexity index is 400. The molecule has 0 bridgehead atoms. The van der Waals surface area contributed by atoms with Crippen LogP contribution in [-0.4, -0.2) is 12.6 Å². The fourth-order valence-electron chi connectivity index (χ4n) is 3.04. The third kappa shape index (κ3) is 9.63. The van der Waals surface area contributed by atoms with Crippen molar-refractivity contribution < 1.29 is 9.53 Å². The van der Waals surface area contributed by atoms with E-state index in [0.717, 1.165) is 17.9 Å². The second-order valence-corrected chi connectivity index (χ2v) is 6.91. The van der Waals surface area contributed by atoms with E-state index >= 15 is 0 Å². The average molecular weight is 323 g/mol. The molecular formula is C21H38O2. The maximum Gasteiger partial charge on any atom is 0.331 e. The molecule has 0 aliphatic rings. The first-order chi connectivity index (χ1) is 10.8. The van der Waals surface area contributed by atoms with Gasteiger partial charge < -0.3 is 4.74 Å². The molecule has 134 valence electrons. The van der Waals surface area contributed by atoms with E-state index in [1.54, 1.807) is 6.08 Å². The number of hydrogen-bond acceptors (Lipinski definition) is 2. The first kappa shape index (κ1) is 21.9. The van der Waals surface area contributed by atoms with Crippen molar-refractivity contribution in [2.75, 3.05) is 6.61 Å². The largest absolute Gasteiger partial charge is 0.463 e. The van der Waals surface area contributed by atoms with E-state index < -0.39 is 0 Å². The quantitative estimate of drug-likeness (QED) is 0.248. The molecule has 0 fully saturated rings. The second kappa shape index (κ2) is 12.4. The Labute approximate surface area is 144 Å². The van der Waals surface area contributed by atoms with Crippen LogP contribution in [0.3, 0.4) is 0 Å². The van der Waals surface area contributed by atoms with Crippen molar-refractivity contribution in [1.82, 2.24) is 0 Å². The van der Waals surface area contributed by atoms with Gasteiger partial charge in [-0.3, -0.25) is 0 Å². The summed E-state index contributed by atoms with van der Waals surface area (Å²) in [7, 11) is 0. The molecule has 2 nitrogen and oxygen atoms in total.